The maximum absolute atomic E-state index is 10.9. The van der Waals surface area contributed by atoms with Gasteiger partial charge in [-0.25, -0.2) is 0 Å². The molecule has 1 aromatic carbocycles. The van der Waals surface area contributed by atoms with Crippen molar-refractivity contribution in [2.24, 2.45) is 0 Å². The smallest absolute Gasteiger partial charge is 0.386 e. The first-order valence-electron chi connectivity index (χ1n) is 6.21. The lowest BCUT2D eigenvalue weighted by Gasteiger charge is -2.17. The summed E-state index contributed by atoms with van der Waals surface area (Å²) in [6.07, 6.45) is 1.94. The molecule has 0 aliphatic carbocycles. The highest BCUT2D eigenvalue weighted by Gasteiger charge is 2.17. The third kappa shape index (κ3) is 3.52. The fraction of sp³-hybridized carbons (Fsp3) is 0.214. The molecule has 0 fully saturated rings. The van der Waals surface area contributed by atoms with Crippen LogP contribution in [0.4, 0.5) is 11.5 Å². The molecule has 0 spiro atoms. The number of rotatable bonds is 6. The molecule has 1 heterocycles. The second-order valence-electron chi connectivity index (χ2n) is 4.35. The van der Waals surface area contributed by atoms with E-state index in [1.165, 1.54) is 6.20 Å². The van der Waals surface area contributed by atoms with Gasteiger partial charge in [-0.2, -0.15) is 0 Å². The predicted octanol–water partition coefficient (Wildman–Crippen LogP) is 2.01. The molecule has 2 aromatic rings. The van der Waals surface area contributed by atoms with Gasteiger partial charge in [0, 0.05) is 0 Å². The molecule has 0 aliphatic rings. The van der Waals surface area contributed by atoms with Gasteiger partial charge in [0.25, 0.3) is 0 Å². The first-order valence-corrected chi connectivity index (χ1v) is 6.21. The average molecular weight is 273 g/mol. The zero-order valence-electron chi connectivity index (χ0n) is 10.8. The van der Waals surface area contributed by atoms with Gasteiger partial charge < -0.3 is 20.5 Å². The normalized spacial score (nSPS) is 11.8. The van der Waals surface area contributed by atoms with Gasteiger partial charge in [0.05, 0.1) is 12.6 Å². The van der Waals surface area contributed by atoms with E-state index >= 15 is 0 Å². The number of aromatic nitrogens is 1. The molecule has 104 valence electrons. The Labute approximate surface area is 116 Å². The highest BCUT2D eigenvalue weighted by atomic mass is 16.6. The molecule has 0 saturated heterocycles. The Balaban J connectivity index is 2.13. The van der Waals surface area contributed by atoms with Gasteiger partial charge in [-0.1, -0.05) is 30.3 Å². The van der Waals surface area contributed by atoms with Gasteiger partial charge in [0.15, 0.2) is 0 Å². The summed E-state index contributed by atoms with van der Waals surface area (Å²) in [4.78, 5) is 14.1. The van der Waals surface area contributed by atoms with Crippen molar-refractivity contribution in [1.82, 2.24) is 4.98 Å². The predicted molar refractivity (Wildman–Crippen MR) is 75.5 cm³/mol. The van der Waals surface area contributed by atoms with E-state index in [0.29, 0.717) is 12.1 Å². The van der Waals surface area contributed by atoms with Crippen molar-refractivity contribution in [3.63, 3.8) is 0 Å². The lowest BCUT2D eigenvalue weighted by atomic mass is 10.1. The Morgan fingerprint density at radius 3 is 2.65 bits per heavy atom. The summed E-state index contributed by atoms with van der Waals surface area (Å²) >= 11 is 0. The molecule has 6 nitrogen and oxygen atoms in total. The van der Waals surface area contributed by atoms with Crippen LogP contribution in [0.15, 0.2) is 48.7 Å². The van der Waals surface area contributed by atoms with Crippen LogP contribution < -0.4 is 5.32 Å². The van der Waals surface area contributed by atoms with E-state index in [-0.39, 0.29) is 18.5 Å². The number of aliphatic hydroxyl groups is 1. The maximum Gasteiger partial charge on any atom is 0.386 e. The van der Waals surface area contributed by atoms with Crippen LogP contribution >= 0.6 is 0 Å². The van der Waals surface area contributed by atoms with Gasteiger partial charge in [0.1, 0.15) is 11.9 Å². The Hall–Kier alpha value is -2.47. The van der Waals surface area contributed by atoms with Crippen molar-refractivity contribution in [1.29, 1.82) is 0 Å². The van der Waals surface area contributed by atoms with Crippen LogP contribution in [0.2, 0.25) is 0 Å². The van der Waals surface area contributed by atoms with Crippen LogP contribution in [0.3, 0.4) is 0 Å². The topological polar surface area (TPSA) is 88.3 Å². The Morgan fingerprint density at radius 2 is 2.00 bits per heavy atom. The van der Waals surface area contributed by atoms with Crippen molar-refractivity contribution in [3.8, 4) is 0 Å². The molecule has 0 saturated carbocycles. The summed E-state index contributed by atoms with van der Waals surface area (Å²) in [5.74, 6) is -0.237. The van der Waals surface area contributed by atoms with Crippen molar-refractivity contribution < 1.29 is 10.0 Å². The van der Waals surface area contributed by atoms with Crippen LogP contribution in [0.1, 0.15) is 5.56 Å². The summed E-state index contributed by atoms with van der Waals surface area (Å²) in [5, 5.41) is 23.3. The minimum absolute atomic E-state index is 0.124. The standard InChI is InChI=1S/C14H15N3O3/c18-10-12(9-11-5-2-1-3-6-11)16-13-7-4-8-15-14(13)17(19)20/h1-8,12,16,18H,9-10H2. The molecule has 0 aliphatic heterocycles. The highest BCUT2D eigenvalue weighted by molar-refractivity contribution is 5.57. The molecule has 6 heteroatoms. The summed E-state index contributed by atoms with van der Waals surface area (Å²) in [5.41, 5.74) is 1.36. The maximum atomic E-state index is 10.9. The molecule has 2 rings (SSSR count). The first kappa shape index (κ1) is 14.0. The number of nitrogens with one attached hydrogen (secondary N) is 1. The second kappa shape index (κ2) is 6.63. The van der Waals surface area contributed by atoms with E-state index in [4.69, 9.17) is 0 Å². The number of nitro groups is 1. The SMILES string of the molecule is O=[N+]([O-])c1ncccc1NC(CO)Cc1ccccc1. The summed E-state index contributed by atoms with van der Waals surface area (Å²) in [7, 11) is 0. The van der Waals surface area contributed by atoms with Crippen LogP contribution in [0.25, 0.3) is 0 Å². The van der Waals surface area contributed by atoms with Crippen molar-refractivity contribution in [3.05, 3.63) is 64.3 Å². The fourth-order valence-electron chi connectivity index (χ4n) is 1.93. The second-order valence-corrected chi connectivity index (χ2v) is 4.35. The first-order chi connectivity index (χ1) is 9.70. The zero-order chi connectivity index (χ0) is 14.4. The van der Waals surface area contributed by atoms with Crippen LogP contribution in [0.5, 0.6) is 0 Å². The van der Waals surface area contributed by atoms with Gasteiger partial charge in [-0.3, -0.25) is 0 Å². The van der Waals surface area contributed by atoms with Gasteiger partial charge in [-0.05, 0) is 34.0 Å². The quantitative estimate of drug-likeness (QED) is 0.621. The minimum atomic E-state index is -0.542. The van der Waals surface area contributed by atoms with Gasteiger partial charge in [0.2, 0.25) is 0 Å². The molecular weight excluding hydrogens is 258 g/mol. The third-order valence-corrected chi connectivity index (χ3v) is 2.86. The minimum Gasteiger partial charge on any atom is -0.394 e. The molecule has 1 aromatic heterocycles. The summed E-state index contributed by atoms with van der Waals surface area (Å²) in [6, 6.07) is 12.5. The molecule has 0 bridgehead atoms. The van der Waals surface area contributed by atoms with Crippen molar-refractivity contribution >= 4 is 11.5 Å². The average Bonchev–Trinajstić information content (AvgIpc) is 2.48. The van der Waals surface area contributed by atoms with E-state index in [0.717, 1.165) is 5.56 Å². The van der Waals surface area contributed by atoms with Crippen LogP contribution in [-0.2, 0) is 6.42 Å². The number of hydrogen-bond donors (Lipinski definition) is 2. The number of pyridine rings is 1. The van der Waals surface area contributed by atoms with Crippen molar-refractivity contribution in [2.45, 2.75) is 12.5 Å². The summed E-state index contributed by atoms with van der Waals surface area (Å²) in [6.45, 7) is -0.124. The largest absolute Gasteiger partial charge is 0.394 e. The van der Waals surface area contributed by atoms with Crippen LogP contribution in [-0.4, -0.2) is 27.7 Å². The van der Waals surface area contributed by atoms with E-state index < -0.39 is 4.92 Å². The Morgan fingerprint density at radius 1 is 1.25 bits per heavy atom. The van der Waals surface area contributed by atoms with E-state index in [2.05, 4.69) is 10.3 Å². The molecule has 1 atom stereocenters. The lowest BCUT2D eigenvalue weighted by Crippen LogP contribution is -2.26. The number of aliphatic hydroxyl groups excluding tert-OH is 1. The molecular formula is C14H15N3O3. The third-order valence-electron chi connectivity index (χ3n) is 2.86. The number of nitrogens with zero attached hydrogens (tertiary/aromatic N) is 2. The van der Waals surface area contributed by atoms with Gasteiger partial charge in [-0.15, -0.1) is 0 Å². The lowest BCUT2D eigenvalue weighted by molar-refractivity contribution is -0.388. The van der Waals surface area contributed by atoms with Crippen LogP contribution in [0, 0.1) is 10.1 Å². The summed E-state index contributed by atoms with van der Waals surface area (Å²) < 4.78 is 0. The van der Waals surface area contributed by atoms with E-state index in [1.807, 2.05) is 30.3 Å². The molecule has 20 heavy (non-hydrogen) atoms. The van der Waals surface area contributed by atoms with Gasteiger partial charge >= 0.3 is 5.82 Å². The van der Waals surface area contributed by atoms with Crippen molar-refractivity contribution in [2.75, 3.05) is 11.9 Å². The Kier molecular flexibility index (Phi) is 4.62. The highest BCUT2D eigenvalue weighted by Crippen LogP contribution is 2.21. The number of hydrogen-bond acceptors (Lipinski definition) is 5. The molecule has 1 unspecified atom stereocenters. The fourth-order valence-corrected chi connectivity index (χ4v) is 1.93. The Bertz CT molecular complexity index is 575. The molecule has 0 amide bonds. The molecule has 0 radical (unpaired) electrons. The van der Waals surface area contributed by atoms with E-state index in [9.17, 15) is 15.2 Å². The molecule has 2 N–H and O–H groups in total. The monoisotopic (exact) mass is 273 g/mol. The number of anilines is 1. The van der Waals surface area contributed by atoms with E-state index in [1.54, 1.807) is 12.1 Å². The number of benzene rings is 1. The zero-order valence-corrected chi connectivity index (χ0v) is 10.8.